The maximum absolute atomic E-state index is 12.7. The van der Waals surface area contributed by atoms with E-state index in [0.29, 0.717) is 12.1 Å². The molecule has 0 aliphatic carbocycles. The van der Waals surface area contributed by atoms with Crippen LogP contribution < -0.4 is 9.62 Å². The number of nitrogens with zero attached hydrogens (tertiary/aromatic N) is 1. The Morgan fingerprint density at radius 3 is 2.17 bits per heavy atom. The lowest BCUT2D eigenvalue weighted by Gasteiger charge is -2.32. The molecule has 0 unspecified atom stereocenters. The predicted octanol–water partition coefficient (Wildman–Crippen LogP) is 3.01. The molecule has 5 nitrogen and oxygen atoms in total. The molecule has 1 N–H and O–H groups in total. The highest BCUT2D eigenvalue weighted by atomic mass is 32.2. The fourth-order valence-corrected chi connectivity index (χ4v) is 3.61. The zero-order valence-electron chi connectivity index (χ0n) is 15.8. The number of hydrogen-bond acceptors (Lipinski definition) is 3. The summed E-state index contributed by atoms with van der Waals surface area (Å²) in [7, 11) is -3.59. The van der Waals surface area contributed by atoms with E-state index >= 15 is 0 Å². The minimum atomic E-state index is -3.59. The van der Waals surface area contributed by atoms with Gasteiger partial charge in [-0.3, -0.25) is 9.10 Å². The van der Waals surface area contributed by atoms with Gasteiger partial charge in [0.1, 0.15) is 6.04 Å². The van der Waals surface area contributed by atoms with E-state index in [9.17, 15) is 13.2 Å². The molecule has 2 atom stereocenters. The molecule has 0 aromatic heterocycles. The van der Waals surface area contributed by atoms with E-state index in [2.05, 4.69) is 5.32 Å². The Kier molecular flexibility index (Phi) is 6.84. The van der Waals surface area contributed by atoms with Crippen LogP contribution in [0, 0.1) is 19.8 Å². The van der Waals surface area contributed by atoms with Gasteiger partial charge in [0.15, 0.2) is 0 Å². The smallest absolute Gasteiger partial charge is 0.244 e. The van der Waals surface area contributed by atoms with E-state index in [0.717, 1.165) is 17.4 Å². The lowest BCUT2D eigenvalue weighted by molar-refractivity contribution is -0.123. The highest BCUT2D eigenvalue weighted by molar-refractivity contribution is 7.92. The summed E-state index contributed by atoms with van der Waals surface area (Å²) in [6.45, 7) is 11.7. The average Bonchev–Trinajstić information content (AvgIpc) is 2.46. The van der Waals surface area contributed by atoms with Gasteiger partial charge in [-0.1, -0.05) is 26.8 Å². The van der Waals surface area contributed by atoms with Crippen LogP contribution >= 0.6 is 0 Å². The number of carbonyl (C=O) groups is 1. The molecular formula is C18H30N2O3S. The van der Waals surface area contributed by atoms with Gasteiger partial charge in [-0.25, -0.2) is 8.42 Å². The van der Waals surface area contributed by atoms with Crippen molar-refractivity contribution in [2.75, 3.05) is 10.6 Å². The molecule has 1 rings (SSSR count). The first-order chi connectivity index (χ1) is 11.0. The van der Waals surface area contributed by atoms with Gasteiger partial charge in [0.2, 0.25) is 15.9 Å². The summed E-state index contributed by atoms with van der Waals surface area (Å²) in [5, 5.41) is 2.93. The number of aryl methyl sites for hydroxylation is 2. The number of anilines is 1. The van der Waals surface area contributed by atoms with Gasteiger partial charge < -0.3 is 5.32 Å². The molecule has 0 saturated carbocycles. The van der Waals surface area contributed by atoms with Crippen LogP contribution in [0.25, 0.3) is 0 Å². The monoisotopic (exact) mass is 354 g/mol. The number of rotatable bonds is 7. The van der Waals surface area contributed by atoms with Crippen LogP contribution in [-0.2, 0) is 14.8 Å². The normalized spacial score (nSPS) is 14.3. The Morgan fingerprint density at radius 1 is 1.17 bits per heavy atom. The number of amides is 1. The van der Waals surface area contributed by atoms with Crippen LogP contribution in [0.1, 0.15) is 45.2 Å². The zero-order chi connectivity index (χ0) is 18.7. The minimum Gasteiger partial charge on any atom is -0.352 e. The second-order valence-electron chi connectivity index (χ2n) is 6.79. The molecule has 0 fully saturated rings. The van der Waals surface area contributed by atoms with Crippen molar-refractivity contribution in [3.8, 4) is 0 Å². The van der Waals surface area contributed by atoms with E-state index in [1.165, 1.54) is 4.31 Å². The van der Waals surface area contributed by atoms with Crippen molar-refractivity contribution in [3.63, 3.8) is 0 Å². The molecule has 136 valence electrons. The van der Waals surface area contributed by atoms with E-state index in [4.69, 9.17) is 0 Å². The Bertz CT molecular complexity index is 684. The number of carbonyl (C=O) groups excluding carboxylic acids is 1. The summed E-state index contributed by atoms with van der Waals surface area (Å²) in [6.07, 6.45) is 1.54. The Balaban J connectivity index is 3.27. The van der Waals surface area contributed by atoms with Crippen LogP contribution in [-0.4, -0.2) is 32.7 Å². The van der Waals surface area contributed by atoms with Crippen LogP contribution in [0.4, 0.5) is 5.69 Å². The third kappa shape index (κ3) is 4.97. The highest BCUT2D eigenvalue weighted by Crippen LogP contribution is 2.25. The van der Waals surface area contributed by atoms with E-state index in [-0.39, 0.29) is 17.9 Å². The van der Waals surface area contributed by atoms with Gasteiger partial charge in [-0.05, 0) is 56.4 Å². The number of benzene rings is 1. The number of hydrogen-bond donors (Lipinski definition) is 1. The van der Waals surface area contributed by atoms with Gasteiger partial charge >= 0.3 is 0 Å². The second-order valence-corrected chi connectivity index (χ2v) is 8.65. The summed E-state index contributed by atoms with van der Waals surface area (Å²) in [5.74, 6) is 0.0158. The molecule has 1 aromatic rings. The maximum Gasteiger partial charge on any atom is 0.244 e. The van der Waals surface area contributed by atoms with Gasteiger partial charge in [-0.2, -0.15) is 0 Å². The molecular weight excluding hydrogens is 324 g/mol. The standard InChI is InChI=1S/C18H30N2O3S/c1-8-17(18(21)19-15(6)12(2)3)20(24(7,22)23)16-10-9-13(4)14(5)11-16/h9-12,15,17H,8H2,1-7H3,(H,19,21)/t15-,17+/m1/s1. The van der Waals surface area contributed by atoms with Gasteiger partial charge in [0.25, 0.3) is 0 Å². The Labute approximate surface area is 146 Å². The first-order valence-corrected chi connectivity index (χ1v) is 10.2. The number of nitrogens with one attached hydrogen (secondary N) is 1. The molecule has 6 heteroatoms. The average molecular weight is 355 g/mol. The molecule has 0 bridgehead atoms. The van der Waals surface area contributed by atoms with Crippen LogP contribution in [0.15, 0.2) is 18.2 Å². The molecule has 0 heterocycles. The zero-order valence-corrected chi connectivity index (χ0v) is 16.6. The predicted molar refractivity (Wildman–Crippen MR) is 99.8 cm³/mol. The van der Waals surface area contributed by atoms with E-state index in [1.54, 1.807) is 6.07 Å². The van der Waals surface area contributed by atoms with Crippen LogP contribution in [0.3, 0.4) is 0 Å². The lowest BCUT2D eigenvalue weighted by Crippen LogP contribution is -2.52. The summed E-state index contributed by atoms with van der Waals surface area (Å²) in [6, 6.07) is 4.67. The molecule has 24 heavy (non-hydrogen) atoms. The van der Waals surface area contributed by atoms with Gasteiger partial charge in [0, 0.05) is 6.04 Å². The Morgan fingerprint density at radius 2 is 1.75 bits per heavy atom. The summed E-state index contributed by atoms with van der Waals surface area (Å²) in [4.78, 5) is 12.7. The third-order valence-electron chi connectivity index (χ3n) is 4.44. The molecule has 0 saturated heterocycles. The molecule has 0 aliphatic rings. The van der Waals surface area contributed by atoms with Crippen LogP contribution in [0.5, 0.6) is 0 Å². The van der Waals surface area contributed by atoms with Crippen molar-refractivity contribution in [2.24, 2.45) is 5.92 Å². The summed E-state index contributed by atoms with van der Waals surface area (Å²) in [5.41, 5.74) is 2.60. The van der Waals surface area contributed by atoms with Crippen molar-refractivity contribution < 1.29 is 13.2 Å². The second kappa shape index (κ2) is 8.01. The fourth-order valence-electron chi connectivity index (χ4n) is 2.41. The topological polar surface area (TPSA) is 66.5 Å². The molecule has 1 amide bonds. The van der Waals surface area contributed by atoms with Crippen LogP contribution in [0.2, 0.25) is 0 Å². The summed E-state index contributed by atoms with van der Waals surface area (Å²) < 4.78 is 26.0. The largest absolute Gasteiger partial charge is 0.352 e. The van der Waals surface area contributed by atoms with E-state index < -0.39 is 16.1 Å². The van der Waals surface area contributed by atoms with Crippen molar-refractivity contribution in [2.45, 2.75) is 60.0 Å². The number of sulfonamides is 1. The van der Waals surface area contributed by atoms with Crippen molar-refractivity contribution in [1.29, 1.82) is 0 Å². The van der Waals surface area contributed by atoms with Crippen molar-refractivity contribution in [1.82, 2.24) is 5.32 Å². The van der Waals surface area contributed by atoms with E-state index in [1.807, 2.05) is 53.7 Å². The summed E-state index contributed by atoms with van der Waals surface area (Å²) >= 11 is 0. The third-order valence-corrected chi connectivity index (χ3v) is 5.62. The molecule has 0 spiro atoms. The first-order valence-electron chi connectivity index (χ1n) is 8.36. The SMILES string of the molecule is CC[C@@H](C(=O)N[C@H](C)C(C)C)N(c1ccc(C)c(C)c1)S(C)(=O)=O. The molecule has 1 aromatic carbocycles. The molecule has 0 aliphatic heterocycles. The minimum absolute atomic E-state index is 0.0206. The maximum atomic E-state index is 12.7. The van der Waals surface area contributed by atoms with Gasteiger partial charge in [-0.15, -0.1) is 0 Å². The molecule has 0 radical (unpaired) electrons. The quantitative estimate of drug-likeness (QED) is 0.818. The fraction of sp³-hybridized carbons (Fsp3) is 0.611. The van der Waals surface area contributed by atoms with Crippen molar-refractivity contribution in [3.05, 3.63) is 29.3 Å². The highest BCUT2D eigenvalue weighted by Gasteiger charge is 2.32. The Hall–Kier alpha value is -1.56. The van der Waals surface area contributed by atoms with Gasteiger partial charge in [0.05, 0.1) is 11.9 Å². The van der Waals surface area contributed by atoms with Crippen molar-refractivity contribution >= 4 is 21.6 Å². The lowest BCUT2D eigenvalue weighted by atomic mass is 10.1. The first kappa shape index (κ1) is 20.5.